The maximum absolute atomic E-state index is 14.3. The molecule has 1 amide bonds. The zero-order valence-electron chi connectivity index (χ0n) is 27.2. The van der Waals surface area contributed by atoms with Crippen molar-refractivity contribution >= 4 is 21.7 Å². The van der Waals surface area contributed by atoms with Crippen molar-refractivity contribution in [2.75, 3.05) is 56.5 Å². The van der Waals surface area contributed by atoms with E-state index in [0.717, 1.165) is 71.2 Å². The fraction of sp³-hybridized carbons (Fsp3) is 0.667. The summed E-state index contributed by atoms with van der Waals surface area (Å²) < 4.78 is 54.1. The first-order valence-electron chi connectivity index (χ1n) is 16.7. The van der Waals surface area contributed by atoms with Crippen molar-refractivity contribution in [2.24, 2.45) is 11.3 Å². The number of ether oxygens (including phenoxy) is 2. The van der Waals surface area contributed by atoms with Gasteiger partial charge in [0.2, 0.25) is 10.0 Å². The van der Waals surface area contributed by atoms with E-state index in [2.05, 4.69) is 24.5 Å². The van der Waals surface area contributed by atoms with Gasteiger partial charge in [-0.2, -0.15) is 0 Å². The Kier molecular flexibility index (Phi) is 9.84. The van der Waals surface area contributed by atoms with Crippen molar-refractivity contribution in [3.63, 3.8) is 0 Å². The Morgan fingerprint density at radius 3 is 2.59 bits per heavy atom. The summed E-state index contributed by atoms with van der Waals surface area (Å²) in [6.45, 7) is 11.2. The summed E-state index contributed by atoms with van der Waals surface area (Å²) in [4.78, 5) is 28.4. The van der Waals surface area contributed by atoms with Crippen LogP contribution in [-0.4, -0.2) is 104 Å². The highest BCUT2D eigenvalue weighted by Gasteiger charge is 2.46. The number of aromatic nitrogens is 2. The van der Waals surface area contributed by atoms with Crippen LogP contribution in [0.1, 0.15) is 69.7 Å². The van der Waals surface area contributed by atoms with Crippen LogP contribution in [0.5, 0.6) is 11.5 Å². The lowest BCUT2D eigenvalue weighted by Crippen LogP contribution is -2.61. The fourth-order valence-corrected chi connectivity index (χ4v) is 8.81. The van der Waals surface area contributed by atoms with Gasteiger partial charge in [0.15, 0.2) is 11.6 Å². The highest BCUT2D eigenvalue weighted by Crippen LogP contribution is 2.45. The molecule has 1 aromatic heterocycles. The summed E-state index contributed by atoms with van der Waals surface area (Å²) in [5, 5.41) is 0. The number of rotatable bonds is 12. The lowest BCUT2D eigenvalue weighted by atomic mass is 9.72. The molecule has 1 N–H and O–H groups in total. The molecule has 0 bridgehead atoms. The zero-order chi connectivity index (χ0) is 32.5. The molecular weight excluding hydrogens is 611 g/mol. The third-order valence-electron chi connectivity index (χ3n) is 9.87. The molecule has 3 saturated heterocycles. The number of hydrogen-bond donors (Lipinski definition) is 1. The number of carbonyl (C=O) groups excluding carboxylic acids is 1. The Balaban J connectivity index is 1.00. The number of sulfonamides is 1. The van der Waals surface area contributed by atoms with Crippen LogP contribution in [0.4, 0.5) is 10.2 Å². The SMILES string of the molecule is CCN(C(=O)c1cc(F)ccc1Oc1cncnc1N1CC2(CCN(C[C@@H]3CC[C@@H](NS(=O)(=O)CC4CC4)CO3)CC2)C1)C(C)C. The highest BCUT2D eigenvalue weighted by molar-refractivity contribution is 7.89. The van der Waals surface area contributed by atoms with Crippen molar-refractivity contribution in [2.45, 2.75) is 77.5 Å². The van der Waals surface area contributed by atoms with Gasteiger partial charge in [-0.15, -0.1) is 0 Å². The van der Waals surface area contributed by atoms with Crippen LogP contribution in [0.2, 0.25) is 0 Å². The van der Waals surface area contributed by atoms with Gasteiger partial charge in [-0.1, -0.05) is 0 Å². The van der Waals surface area contributed by atoms with E-state index in [-0.39, 0.29) is 46.6 Å². The number of nitrogens with zero attached hydrogens (tertiary/aromatic N) is 5. The summed E-state index contributed by atoms with van der Waals surface area (Å²) >= 11 is 0. The van der Waals surface area contributed by atoms with Gasteiger partial charge in [-0.25, -0.2) is 27.5 Å². The molecule has 1 spiro atoms. The minimum Gasteiger partial charge on any atom is -0.451 e. The van der Waals surface area contributed by atoms with Gasteiger partial charge >= 0.3 is 0 Å². The molecule has 0 radical (unpaired) electrons. The largest absolute Gasteiger partial charge is 0.451 e. The summed E-state index contributed by atoms with van der Waals surface area (Å²) in [7, 11) is -3.22. The standard InChI is InChI=1S/C33H47FN6O5S/c1-4-40(23(2)3)32(41)28-15-25(34)7-10-29(28)45-30-16-35-22-36-31(30)39-20-33(21-39)11-13-38(14-12-33)17-27-9-8-26(18-44-27)37-46(42,43)19-24-5-6-24/h7,10,15-16,22-24,26-27,37H,4-6,8-9,11-14,17-21H2,1-3H3/t26-,27+/m1/s1. The Hall–Kier alpha value is -2.87. The third-order valence-corrected chi connectivity index (χ3v) is 11.5. The first-order valence-corrected chi connectivity index (χ1v) is 18.4. The summed E-state index contributed by atoms with van der Waals surface area (Å²) in [5.74, 6) is 1.18. The van der Waals surface area contributed by atoms with Gasteiger partial charge in [0.1, 0.15) is 17.9 Å². The molecule has 1 saturated carbocycles. The van der Waals surface area contributed by atoms with Gasteiger partial charge in [-0.05, 0) is 96.5 Å². The maximum atomic E-state index is 14.3. The van der Waals surface area contributed by atoms with Crippen molar-refractivity contribution in [1.29, 1.82) is 0 Å². The molecule has 4 heterocycles. The van der Waals surface area contributed by atoms with E-state index in [1.807, 2.05) is 20.8 Å². The first-order chi connectivity index (χ1) is 22.0. The van der Waals surface area contributed by atoms with E-state index in [4.69, 9.17) is 9.47 Å². The smallest absolute Gasteiger partial charge is 0.257 e. The average molecular weight is 659 g/mol. The Labute approximate surface area is 271 Å². The van der Waals surface area contributed by atoms with Gasteiger partial charge in [0.25, 0.3) is 5.91 Å². The molecule has 11 nitrogen and oxygen atoms in total. The molecular formula is C33H47FN6O5S. The predicted octanol–water partition coefficient (Wildman–Crippen LogP) is 4.06. The highest BCUT2D eigenvalue weighted by atomic mass is 32.2. The summed E-state index contributed by atoms with van der Waals surface area (Å²) in [6.07, 6.45) is 9.08. The lowest BCUT2D eigenvalue weighted by molar-refractivity contribution is -0.0299. The van der Waals surface area contributed by atoms with E-state index in [0.29, 0.717) is 30.6 Å². The van der Waals surface area contributed by atoms with Crippen LogP contribution in [0, 0.1) is 17.2 Å². The molecule has 4 fully saturated rings. The Bertz CT molecular complexity index is 1480. The second kappa shape index (κ2) is 13.7. The van der Waals surface area contributed by atoms with Crippen LogP contribution in [0.3, 0.4) is 0 Å². The van der Waals surface area contributed by atoms with Crippen molar-refractivity contribution in [3.8, 4) is 11.5 Å². The summed E-state index contributed by atoms with van der Waals surface area (Å²) in [6, 6.07) is 3.85. The minimum absolute atomic E-state index is 0.0415. The molecule has 0 unspecified atom stereocenters. The van der Waals surface area contributed by atoms with Gasteiger partial charge < -0.3 is 24.2 Å². The quantitative estimate of drug-likeness (QED) is 0.361. The van der Waals surface area contributed by atoms with Crippen LogP contribution in [-0.2, 0) is 14.8 Å². The molecule has 1 aromatic carbocycles. The van der Waals surface area contributed by atoms with Crippen molar-refractivity contribution in [1.82, 2.24) is 24.5 Å². The average Bonchev–Trinajstić information content (AvgIpc) is 3.82. The van der Waals surface area contributed by atoms with E-state index in [1.165, 1.54) is 24.5 Å². The number of anilines is 1. The maximum Gasteiger partial charge on any atom is 0.257 e. The van der Waals surface area contributed by atoms with Crippen molar-refractivity contribution in [3.05, 3.63) is 42.1 Å². The number of halogens is 1. The number of amides is 1. The lowest BCUT2D eigenvalue weighted by Gasteiger charge is -2.54. The number of piperidine rings is 1. The van der Waals surface area contributed by atoms with E-state index in [1.54, 1.807) is 11.1 Å². The topological polar surface area (TPSA) is 117 Å². The van der Waals surface area contributed by atoms with Gasteiger partial charge in [0.05, 0.1) is 30.2 Å². The minimum atomic E-state index is -3.22. The number of nitrogens with one attached hydrogen (secondary N) is 1. The molecule has 13 heteroatoms. The van der Waals surface area contributed by atoms with Crippen LogP contribution < -0.4 is 14.4 Å². The fourth-order valence-electron chi connectivity index (χ4n) is 7.06. The normalized spacial score (nSPS) is 23.4. The molecule has 4 aliphatic rings. The molecule has 46 heavy (non-hydrogen) atoms. The van der Waals surface area contributed by atoms with Crippen molar-refractivity contribution < 1.29 is 27.1 Å². The van der Waals surface area contributed by atoms with E-state index >= 15 is 0 Å². The van der Waals surface area contributed by atoms with Gasteiger partial charge in [-0.3, -0.25) is 4.79 Å². The number of carbonyl (C=O) groups is 1. The molecule has 3 aliphatic heterocycles. The molecule has 252 valence electrons. The predicted molar refractivity (Wildman–Crippen MR) is 173 cm³/mol. The van der Waals surface area contributed by atoms with Crippen LogP contribution >= 0.6 is 0 Å². The second-order valence-corrected chi connectivity index (χ2v) is 15.7. The van der Waals surface area contributed by atoms with Crippen LogP contribution in [0.25, 0.3) is 0 Å². The molecule has 1 aliphatic carbocycles. The number of hydrogen-bond acceptors (Lipinski definition) is 9. The summed E-state index contributed by atoms with van der Waals surface area (Å²) in [5.41, 5.74) is 0.373. The number of likely N-dealkylation sites (tertiary alicyclic amines) is 1. The monoisotopic (exact) mass is 658 g/mol. The zero-order valence-corrected chi connectivity index (χ0v) is 28.0. The van der Waals surface area contributed by atoms with E-state index in [9.17, 15) is 17.6 Å². The Morgan fingerprint density at radius 1 is 1.17 bits per heavy atom. The molecule has 6 rings (SSSR count). The van der Waals surface area contributed by atoms with Gasteiger partial charge in [0, 0.05) is 43.7 Å². The third kappa shape index (κ3) is 7.80. The van der Waals surface area contributed by atoms with E-state index < -0.39 is 15.8 Å². The number of benzene rings is 1. The second-order valence-electron chi connectivity index (χ2n) is 13.9. The first kappa shape index (κ1) is 33.0. The molecule has 2 atom stereocenters. The molecule has 2 aromatic rings. The van der Waals surface area contributed by atoms with Crippen LogP contribution in [0.15, 0.2) is 30.7 Å². The Morgan fingerprint density at radius 2 is 1.93 bits per heavy atom.